The zero-order valence-corrected chi connectivity index (χ0v) is 18.3. The molecule has 1 fully saturated rings. The van der Waals surface area contributed by atoms with Gasteiger partial charge in [0.2, 0.25) is 0 Å². The molecule has 0 radical (unpaired) electrons. The smallest absolute Gasteiger partial charge is 0.265 e. The van der Waals surface area contributed by atoms with Crippen molar-refractivity contribution < 1.29 is 4.79 Å². The van der Waals surface area contributed by atoms with E-state index in [0.29, 0.717) is 12.1 Å². The molecular weight excluding hydrogens is 380 g/mol. The van der Waals surface area contributed by atoms with E-state index in [2.05, 4.69) is 27.9 Å². The molecule has 2 aromatic rings. The zero-order valence-electron chi connectivity index (χ0n) is 17.5. The number of benzene rings is 2. The number of nitrogens with one attached hydrogen (secondary N) is 2. The van der Waals surface area contributed by atoms with Crippen LogP contribution in [0.5, 0.6) is 0 Å². The Labute approximate surface area is 178 Å². The van der Waals surface area contributed by atoms with Gasteiger partial charge in [0.1, 0.15) is 5.84 Å². The van der Waals surface area contributed by atoms with E-state index < -0.39 is 0 Å². The van der Waals surface area contributed by atoms with Gasteiger partial charge in [-0.15, -0.1) is 0 Å². The van der Waals surface area contributed by atoms with Crippen LogP contribution in [0.4, 0.5) is 5.69 Å². The predicted octanol–water partition coefficient (Wildman–Crippen LogP) is 5.19. The third-order valence-electron chi connectivity index (χ3n) is 4.79. The second-order valence-electron chi connectivity index (χ2n) is 6.75. The van der Waals surface area contributed by atoms with Crippen molar-refractivity contribution in [3.63, 3.8) is 0 Å². The summed E-state index contributed by atoms with van der Waals surface area (Å²) >= 11 is 1.70. The van der Waals surface area contributed by atoms with Crippen molar-refractivity contribution in [2.75, 3.05) is 25.0 Å². The Morgan fingerprint density at radius 2 is 1.86 bits per heavy atom. The molecule has 0 bridgehead atoms. The summed E-state index contributed by atoms with van der Waals surface area (Å²) < 4.78 is 0. The molecule has 0 unspecified atom stereocenters. The third kappa shape index (κ3) is 5.19. The lowest BCUT2D eigenvalue weighted by Crippen LogP contribution is -2.45. The fourth-order valence-corrected chi connectivity index (χ4v) is 4.43. The van der Waals surface area contributed by atoms with Gasteiger partial charge in [0.25, 0.3) is 5.91 Å². The minimum Gasteiger partial charge on any atom is -0.339 e. The van der Waals surface area contributed by atoms with Gasteiger partial charge in [-0.1, -0.05) is 50.2 Å². The predicted molar refractivity (Wildman–Crippen MR) is 122 cm³/mol. The highest BCUT2D eigenvalue weighted by Crippen LogP contribution is 2.39. The Hall–Kier alpha value is -2.31. The van der Waals surface area contributed by atoms with Gasteiger partial charge in [-0.25, -0.2) is 5.01 Å². The molecular formula is C23H30N4OS. The van der Waals surface area contributed by atoms with Crippen LogP contribution in [0.25, 0.3) is 0 Å². The van der Waals surface area contributed by atoms with E-state index in [1.54, 1.807) is 11.8 Å². The first kappa shape index (κ1) is 21.4. The summed E-state index contributed by atoms with van der Waals surface area (Å²) in [6.45, 7) is 8.57. The van der Waals surface area contributed by atoms with Crippen LogP contribution in [-0.2, 0) is 0 Å². The number of hydrogen-bond donors (Lipinski definition) is 2. The van der Waals surface area contributed by atoms with Gasteiger partial charge < -0.3 is 5.32 Å². The van der Waals surface area contributed by atoms with Crippen molar-refractivity contribution >= 4 is 29.2 Å². The number of piperidine rings is 1. The van der Waals surface area contributed by atoms with Crippen molar-refractivity contribution in [3.8, 4) is 0 Å². The first-order chi connectivity index (χ1) is 14.2. The molecule has 2 aliphatic rings. The second kappa shape index (κ2) is 10.5. The average Bonchev–Trinajstić information content (AvgIpc) is 2.92. The highest BCUT2D eigenvalue weighted by atomic mass is 32.2. The van der Waals surface area contributed by atoms with Crippen LogP contribution in [0, 0.1) is 0 Å². The van der Waals surface area contributed by atoms with E-state index in [9.17, 15) is 4.79 Å². The molecule has 2 N–H and O–H groups in total. The van der Waals surface area contributed by atoms with Gasteiger partial charge in [-0.05, 0) is 44.0 Å². The Bertz CT molecular complexity index is 875. The molecule has 0 aromatic heterocycles. The summed E-state index contributed by atoms with van der Waals surface area (Å²) in [6.07, 6.45) is 3.52. The maximum atomic E-state index is 12.7. The number of carbonyl (C=O) groups is 1. The summed E-state index contributed by atoms with van der Waals surface area (Å²) in [7, 11) is 0. The Kier molecular flexibility index (Phi) is 7.72. The van der Waals surface area contributed by atoms with Crippen LogP contribution in [0.15, 0.2) is 57.2 Å². The van der Waals surface area contributed by atoms with Crippen LogP contribution in [0.3, 0.4) is 0 Å². The summed E-state index contributed by atoms with van der Waals surface area (Å²) in [6, 6.07) is 14.1. The van der Waals surface area contributed by atoms with Gasteiger partial charge >= 0.3 is 0 Å². The van der Waals surface area contributed by atoms with E-state index in [-0.39, 0.29) is 5.91 Å². The quantitative estimate of drug-likeness (QED) is 0.731. The van der Waals surface area contributed by atoms with Gasteiger partial charge in [0.05, 0.1) is 5.69 Å². The van der Waals surface area contributed by atoms with Crippen molar-refractivity contribution in [3.05, 3.63) is 53.6 Å². The first-order valence-electron chi connectivity index (χ1n) is 10.5. The molecule has 2 aliphatic heterocycles. The van der Waals surface area contributed by atoms with Crippen molar-refractivity contribution in [1.82, 2.24) is 10.4 Å². The highest BCUT2D eigenvalue weighted by molar-refractivity contribution is 7.99. The number of amidine groups is 1. The normalized spacial score (nSPS) is 17.1. The lowest BCUT2D eigenvalue weighted by atomic mass is 10.1. The molecule has 1 amide bonds. The fourth-order valence-electron chi connectivity index (χ4n) is 3.42. The van der Waals surface area contributed by atoms with Crippen LogP contribution in [0.1, 0.15) is 56.0 Å². The van der Waals surface area contributed by atoms with Crippen molar-refractivity contribution in [2.45, 2.75) is 49.8 Å². The van der Waals surface area contributed by atoms with Crippen molar-refractivity contribution in [1.29, 1.82) is 0 Å². The lowest BCUT2D eigenvalue weighted by Gasteiger charge is -2.26. The molecule has 2 aromatic carbocycles. The number of amides is 1. The first-order valence-corrected chi connectivity index (χ1v) is 11.3. The molecule has 0 spiro atoms. The maximum Gasteiger partial charge on any atom is 0.265 e. The van der Waals surface area contributed by atoms with Crippen LogP contribution < -0.4 is 10.7 Å². The van der Waals surface area contributed by atoms with E-state index in [4.69, 9.17) is 0 Å². The Morgan fingerprint density at radius 3 is 2.62 bits per heavy atom. The monoisotopic (exact) mass is 410 g/mol. The summed E-state index contributed by atoms with van der Waals surface area (Å²) in [4.78, 5) is 19.6. The molecule has 154 valence electrons. The van der Waals surface area contributed by atoms with Crippen molar-refractivity contribution in [2.24, 2.45) is 4.99 Å². The SMILES string of the molecule is CC.CCN=C1Nc2cc(C(=O)NN3CCCCC3)ccc2Sc2ccccc21. The topological polar surface area (TPSA) is 56.7 Å². The van der Waals surface area contributed by atoms with E-state index in [0.717, 1.165) is 47.9 Å². The van der Waals surface area contributed by atoms with Gasteiger partial charge in [0, 0.05) is 40.6 Å². The molecule has 0 atom stereocenters. The summed E-state index contributed by atoms with van der Waals surface area (Å²) in [5.74, 6) is 0.801. The largest absolute Gasteiger partial charge is 0.339 e. The lowest BCUT2D eigenvalue weighted by molar-refractivity contribution is 0.0750. The zero-order chi connectivity index (χ0) is 20.6. The van der Waals surface area contributed by atoms with Gasteiger partial charge in [-0.2, -0.15) is 0 Å². The fraction of sp³-hybridized carbons (Fsp3) is 0.391. The van der Waals surface area contributed by atoms with Gasteiger partial charge in [-0.3, -0.25) is 15.2 Å². The number of nitrogens with zero attached hydrogens (tertiary/aromatic N) is 2. The number of rotatable bonds is 3. The molecule has 0 aliphatic carbocycles. The maximum absolute atomic E-state index is 12.7. The number of fused-ring (bicyclic) bond motifs is 2. The van der Waals surface area contributed by atoms with Crippen LogP contribution in [0.2, 0.25) is 0 Å². The van der Waals surface area contributed by atoms with E-state index in [1.807, 2.05) is 56.1 Å². The molecule has 2 heterocycles. The molecule has 0 saturated carbocycles. The molecule has 1 saturated heterocycles. The molecule has 6 heteroatoms. The highest BCUT2D eigenvalue weighted by Gasteiger charge is 2.20. The van der Waals surface area contributed by atoms with Crippen LogP contribution >= 0.6 is 11.8 Å². The van der Waals surface area contributed by atoms with Gasteiger partial charge in [0.15, 0.2) is 0 Å². The van der Waals surface area contributed by atoms with Crippen LogP contribution in [-0.4, -0.2) is 36.4 Å². The average molecular weight is 411 g/mol. The van der Waals surface area contributed by atoms with E-state index in [1.165, 1.54) is 11.3 Å². The number of carbonyl (C=O) groups excluding carboxylic acids is 1. The van der Waals surface area contributed by atoms with E-state index >= 15 is 0 Å². The number of aliphatic imine (C=N–C) groups is 1. The molecule has 29 heavy (non-hydrogen) atoms. The second-order valence-corrected chi connectivity index (χ2v) is 7.83. The third-order valence-corrected chi connectivity index (χ3v) is 5.94. The number of hydrogen-bond acceptors (Lipinski definition) is 4. The Balaban J connectivity index is 0.00000117. The Morgan fingerprint density at radius 1 is 1.10 bits per heavy atom. The standard InChI is InChI=1S/C21H24N4OS.C2H6/c1-2-22-20-16-8-4-5-9-18(16)27-19-11-10-15(14-17(19)23-20)21(26)24-25-12-6-3-7-13-25;1-2/h4-5,8-11,14H,2-3,6-7,12-13H2,1H3,(H,22,23)(H,24,26);1-2H3. The number of anilines is 1. The summed E-state index contributed by atoms with van der Waals surface area (Å²) in [5, 5.41) is 5.48. The minimum atomic E-state index is -0.0535. The summed E-state index contributed by atoms with van der Waals surface area (Å²) in [5.41, 5.74) is 5.72. The number of hydrazine groups is 1. The molecule has 5 nitrogen and oxygen atoms in total. The molecule has 4 rings (SSSR count). The minimum absolute atomic E-state index is 0.0535.